The van der Waals surface area contributed by atoms with Crippen LogP contribution in [0.15, 0.2) is 42.6 Å². The van der Waals surface area contributed by atoms with Crippen LogP contribution in [0.3, 0.4) is 0 Å². The maximum absolute atomic E-state index is 12.5. The van der Waals surface area contributed by atoms with Crippen LogP contribution in [0.5, 0.6) is 5.75 Å². The van der Waals surface area contributed by atoms with Crippen LogP contribution in [0, 0.1) is 11.3 Å². The topological polar surface area (TPSA) is 45.9 Å². The number of alkyl halides is 3. The molecule has 1 aromatic heterocycles. The third kappa shape index (κ3) is 3.64. The maximum atomic E-state index is 12.5. The van der Waals surface area contributed by atoms with Crippen molar-refractivity contribution in [1.29, 1.82) is 5.26 Å². The summed E-state index contributed by atoms with van der Waals surface area (Å²) < 4.78 is 42.6. The van der Waals surface area contributed by atoms with E-state index < -0.39 is 11.7 Å². The molecule has 0 bridgehead atoms. The number of methoxy groups -OCH3 is 1. The van der Waals surface area contributed by atoms with E-state index in [4.69, 9.17) is 4.74 Å². The first kappa shape index (κ1) is 15.6. The van der Waals surface area contributed by atoms with Crippen LogP contribution in [-0.4, -0.2) is 12.1 Å². The maximum Gasteiger partial charge on any atom is 0.417 e. The molecule has 0 aliphatic heterocycles. The fourth-order valence-electron chi connectivity index (χ4n) is 1.78. The van der Waals surface area contributed by atoms with Crippen molar-refractivity contribution in [1.82, 2.24) is 4.98 Å². The highest BCUT2D eigenvalue weighted by molar-refractivity contribution is 5.88. The van der Waals surface area contributed by atoms with E-state index in [1.54, 1.807) is 24.3 Å². The highest BCUT2D eigenvalue weighted by Crippen LogP contribution is 2.29. The number of aromatic nitrogens is 1. The van der Waals surface area contributed by atoms with Crippen LogP contribution in [0.25, 0.3) is 11.6 Å². The molecule has 0 saturated carbocycles. The van der Waals surface area contributed by atoms with Gasteiger partial charge in [0.05, 0.1) is 23.9 Å². The van der Waals surface area contributed by atoms with Gasteiger partial charge in [0.1, 0.15) is 11.8 Å². The van der Waals surface area contributed by atoms with Gasteiger partial charge < -0.3 is 4.74 Å². The summed E-state index contributed by atoms with van der Waals surface area (Å²) in [5.41, 5.74) is 0.188. The minimum atomic E-state index is -4.45. The second-order valence-corrected chi connectivity index (χ2v) is 4.38. The molecule has 1 heterocycles. The predicted molar refractivity (Wildman–Crippen MR) is 75.7 cm³/mol. The van der Waals surface area contributed by atoms with Crippen molar-refractivity contribution in [3.05, 3.63) is 59.4 Å². The van der Waals surface area contributed by atoms with Gasteiger partial charge in [0.2, 0.25) is 0 Å². The zero-order chi connectivity index (χ0) is 16.2. The monoisotopic (exact) mass is 304 g/mol. The van der Waals surface area contributed by atoms with Crippen LogP contribution in [0.2, 0.25) is 0 Å². The van der Waals surface area contributed by atoms with Crippen molar-refractivity contribution in [3.8, 4) is 11.8 Å². The normalized spacial score (nSPS) is 11.9. The average Bonchev–Trinajstić information content (AvgIpc) is 2.52. The molecule has 3 nitrogen and oxygen atoms in total. The summed E-state index contributed by atoms with van der Waals surface area (Å²) in [7, 11) is 1.52. The Hall–Kier alpha value is -2.81. The fourth-order valence-corrected chi connectivity index (χ4v) is 1.78. The number of pyridine rings is 1. The molecule has 0 unspecified atom stereocenters. The summed E-state index contributed by atoms with van der Waals surface area (Å²) in [5.74, 6) is 0.617. The highest BCUT2D eigenvalue weighted by Gasteiger charge is 2.30. The standard InChI is InChI=1S/C16H11F3N2O/c1-22-14-4-2-3-11(8-14)7-12(9-20)15-6-5-13(10-21-15)16(17,18)19/h2-8,10H,1H3/b12-7+. The molecule has 1 aromatic carbocycles. The number of hydrogen-bond donors (Lipinski definition) is 0. The Labute approximate surface area is 125 Å². The van der Waals surface area contributed by atoms with E-state index >= 15 is 0 Å². The molecular weight excluding hydrogens is 293 g/mol. The number of hydrogen-bond acceptors (Lipinski definition) is 3. The third-order valence-corrected chi connectivity index (χ3v) is 2.89. The fraction of sp³-hybridized carbons (Fsp3) is 0.125. The second-order valence-electron chi connectivity index (χ2n) is 4.38. The van der Waals surface area contributed by atoms with E-state index in [0.29, 0.717) is 17.5 Å². The van der Waals surface area contributed by atoms with E-state index in [1.807, 2.05) is 6.07 Å². The minimum absolute atomic E-state index is 0.168. The Kier molecular flexibility index (Phi) is 4.47. The molecule has 0 radical (unpaired) electrons. The Bertz CT molecular complexity index is 728. The van der Waals surface area contributed by atoms with Gasteiger partial charge in [-0.15, -0.1) is 0 Å². The molecule has 22 heavy (non-hydrogen) atoms. The van der Waals surface area contributed by atoms with E-state index in [-0.39, 0.29) is 11.3 Å². The van der Waals surface area contributed by atoms with Crippen molar-refractivity contribution in [2.24, 2.45) is 0 Å². The molecule has 6 heteroatoms. The second kappa shape index (κ2) is 6.31. The number of benzene rings is 1. The largest absolute Gasteiger partial charge is 0.497 e. The molecule has 0 amide bonds. The van der Waals surface area contributed by atoms with Gasteiger partial charge in [0, 0.05) is 6.20 Å². The first-order valence-electron chi connectivity index (χ1n) is 6.23. The van der Waals surface area contributed by atoms with Crippen LogP contribution in [0.4, 0.5) is 13.2 Å². The van der Waals surface area contributed by atoms with Gasteiger partial charge in [-0.1, -0.05) is 12.1 Å². The smallest absolute Gasteiger partial charge is 0.417 e. The Morgan fingerprint density at radius 1 is 1.27 bits per heavy atom. The summed E-state index contributed by atoms with van der Waals surface area (Å²) in [6, 6.07) is 11.0. The number of rotatable bonds is 3. The molecule has 0 atom stereocenters. The summed E-state index contributed by atoms with van der Waals surface area (Å²) in [6.45, 7) is 0. The number of nitrogens with zero attached hydrogens (tertiary/aromatic N) is 2. The minimum Gasteiger partial charge on any atom is -0.497 e. The van der Waals surface area contributed by atoms with Crippen molar-refractivity contribution < 1.29 is 17.9 Å². The average molecular weight is 304 g/mol. The quantitative estimate of drug-likeness (QED) is 0.799. The molecule has 112 valence electrons. The van der Waals surface area contributed by atoms with E-state index in [9.17, 15) is 18.4 Å². The molecule has 0 saturated heterocycles. The zero-order valence-electron chi connectivity index (χ0n) is 11.6. The van der Waals surface area contributed by atoms with Gasteiger partial charge in [-0.2, -0.15) is 18.4 Å². The van der Waals surface area contributed by atoms with Crippen molar-refractivity contribution in [2.75, 3.05) is 7.11 Å². The van der Waals surface area contributed by atoms with Crippen LogP contribution in [0.1, 0.15) is 16.8 Å². The number of ether oxygens (including phenoxy) is 1. The summed E-state index contributed by atoms with van der Waals surface area (Å²) in [6.07, 6.45) is -2.20. The van der Waals surface area contributed by atoms with Gasteiger partial charge in [-0.3, -0.25) is 4.98 Å². The number of allylic oxidation sites excluding steroid dienone is 1. The molecule has 2 rings (SSSR count). The summed E-state index contributed by atoms with van der Waals surface area (Å²) >= 11 is 0. The van der Waals surface area contributed by atoms with Crippen LogP contribution in [-0.2, 0) is 6.18 Å². The van der Waals surface area contributed by atoms with Gasteiger partial charge >= 0.3 is 6.18 Å². The first-order chi connectivity index (χ1) is 10.4. The predicted octanol–water partition coefficient (Wildman–Crippen LogP) is 4.17. The zero-order valence-corrected chi connectivity index (χ0v) is 11.6. The molecule has 0 N–H and O–H groups in total. The lowest BCUT2D eigenvalue weighted by Crippen LogP contribution is -2.05. The van der Waals surface area contributed by atoms with Crippen molar-refractivity contribution >= 4 is 11.6 Å². The first-order valence-corrected chi connectivity index (χ1v) is 6.23. The highest BCUT2D eigenvalue weighted by atomic mass is 19.4. The lowest BCUT2D eigenvalue weighted by atomic mass is 10.1. The number of nitriles is 1. The van der Waals surface area contributed by atoms with Gasteiger partial charge in [-0.05, 0) is 35.9 Å². The molecule has 2 aromatic rings. The van der Waals surface area contributed by atoms with E-state index in [0.717, 1.165) is 6.07 Å². The van der Waals surface area contributed by atoms with E-state index in [1.165, 1.54) is 19.3 Å². The molecule has 0 fully saturated rings. The van der Waals surface area contributed by atoms with Gasteiger partial charge in [0.25, 0.3) is 0 Å². The Balaban J connectivity index is 2.35. The van der Waals surface area contributed by atoms with Crippen molar-refractivity contribution in [3.63, 3.8) is 0 Å². The summed E-state index contributed by atoms with van der Waals surface area (Å²) in [4.78, 5) is 3.71. The molecular formula is C16H11F3N2O. The molecule has 0 spiro atoms. The van der Waals surface area contributed by atoms with Crippen molar-refractivity contribution in [2.45, 2.75) is 6.18 Å². The lowest BCUT2D eigenvalue weighted by Gasteiger charge is -2.06. The van der Waals surface area contributed by atoms with Gasteiger partial charge in [-0.25, -0.2) is 0 Å². The van der Waals surface area contributed by atoms with E-state index in [2.05, 4.69) is 4.98 Å². The Morgan fingerprint density at radius 3 is 2.59 bits per heavy atom. The molecule has 0 aliphatic carbocycles. The van der Waals surface area contributed by atoms with Crippen LogP contribution >= 0.6 is 0 Å². The number of halogens is 3. The van der Waals surface area contributed by atoms with Gasteiger partial charge in [0.15, 0.2) is 0 Å². The third-order valence-electron chi connectivity index (χ3n) is 2.89. The molecule has 0 aliphatic rings. The lowest BCUT2D eigenvalue weighted by molar-refractivity contribution is -0.137. The SMILES string of the molecule is COc1cccc(/C=C(\C#N)c2ccc(C(F)(F)F)cn2)c1. The Morgan fingerprint density at radius 2 is 2.05 bits per heavy atom. The van der Waals surface area contributed by atoms with Crippen LogP contribution < -0.4 is 4.74 Å². The summed E-state index contributed by atoms with van der Waals surface area (Å²) in [5, 5.41) is 9.18.